The number of ether oxygens (including phenoxy) is 11. The molecule has 0 radical (unpaired) electrons. The van der Waals surface area contributed by atoms with E-state index in [9.17, 15) is 13.2 Å². The largest absolute Gasteiger partial charge is 0.480 e. The first kappa shape index (κ1) is 85.6. The van der Waals surface area contributed by atoms with Crippen molar-refractivity contribution in [1.29, 1.82) is 0 Å². The van der Waals surface area contributed by atoms with Gasteiger partial charge in [0.2, 0.25) is 41.2 Å². The molecule has 16 aromatic rings. The molecule has 31 heteroatoms. The quantitative estimate of drug-likeness (QED) is 0.0818. The Morgan fingerprint density at radius 3 is 1.19 bits per heavy atom. The SMILES string of the molecule is CCOc1nc(OC)c2ccc(C)cc2n1.COc1nc(-c2ccccc2)nc2cc(C)ccc12.COc1nc(-n2cccn2)nc2c(Cl)cccc12.COc1nc(C2CC2)nc2cc(C)ccc12.COc1nc(OC)c2ccc(C)cc2n1.COc1nc(OC2CC2)nc2cc(C)ccc12.COc1nc(OCC(F)(F)F)nc2cc(C)ccc12. The maximum Gasteiger partial charge on any atom is 0.422 e. The van der Waals surface area contributed by atoms with Gasteiger partial charge in [0, 0.05) is 23.9 Å². The van der Waals surface area contributed by atoms with Gasteiger partial charge in [0.05, 0.1) is 145 Å². The first-order chi connectivity index (χ1) is 58.0. The van der Waals surface area contributed by atoms with E-state index in [1.54, 1.807) is 84.0 Å². The first-order valence-corrected chi connectivity index (χ1v) is 38.4. The standard InChI is InChI=1S/C16H14N2O.C13H14N2O2.C13H14N2O.C12H9ClN4O.C12H11F3N2O2.C12H14N2O2.C11H12N2O2/c1-11-8-9-13-14(10-11)17-15(18-16(13)19-2)12-6-4-3-5-7-12;1-8-3-6-10-11(7-8)14-13(15-12(10)16-2)17-9-4-5-9;1-8-3-6-10-11(7-8)14-12(9-4-5-9)15-13(10)16-2;1-18-11-8-4-2-5-9(13)10(8)15-12(16-11)17-7-3-6-14-17;1-7-3-4-8-9(5-7)16-11(17-10(8)18-2)19-6-12(13,14)15;1-4-16-12-13-10-7-8(2)5-6-9(10)11(14-12)15-3;1-7-4-5-8-9(6-7)12-11(15-3)13-10(8)14-2/h3-10H,1-2H3;3,6-7,9H,4-5H2,1-2H3;3,6-7,9H,4-5H2,1-2H3;2-7H,1H3;3-5H,6H2,1-2H3;5-7H,4H2,1-3H3;4-6H,1-3H3. The Morgan fingerprint density at radius 1 is 0.375 bits per heavy atom. The number of para-hydroxylation sites is 1. The Labute approximate surface area is 694 Å². The van der Waals surface area contributed by atoms with Crippen LogP contribution < -0.4 is 52.1 Å². The van der Waals surface area contributed by atoms with E-state index in [0.29, 0.717) is 105 Å². The summed E-state index contributed by atoms with van der Waals surface area (Å²) >= 11 is 6.14. The van der Waals surface area contributed by atoms with E-state index in [1.165, 1.54) is 38.2 Å². The van der Waals surface area contributed by atoms with Crippen molar-refractivity contribution >= 4 is 87.9 Å². The van der Waals surface area contributed by atoms with Crippen LogP contribution in [0, 0.1) is 41.5 Å². The average Bonchev–Trinajstić information content (AvgIpc) is 1.25. The number of methoxy groups -OCH3 is 8. The second-order valence-corrected chi connectivity index (χ2v) is 27.9. The normalized spacial score (nSPS) is 12.0. The predicted octanol–water partition coefficient (Wildman–Crippen LogP) is 18.6. The maximum atomic E-state index is 12.1. The summed E-state index contributed by atoms with van der Waals surface area (Å²) < 4.78 is 95.0. The number of halogens is 4. The number of hydrogen-bond acceptors (Lipinski definition) is 26. The number of aryl methyl sites for hydroxylation is 6. The van der Waals surface area contributed by atoms with Crippen LogP contribution >= 0.6 is 11.6 Å². The summed E-state index contributed by atoms with van der Waals surface area (Å²) in [5.74, 6) is 6.25. The van der Waals surface area contributed by atoms with Gasteiger partial charge < -0.3 is 52.1 Å². The minimum Gasteiger partial charge on any atom is -0.480 e. The maximum absolute atomic E-state index is 12.1. The minimum atomic E-state index is -4.43. The van der Waals surface area contributed by atoms with Crippen LogP contribution in [0.5, 0.6) is 65.2 Å². The highest BCUT2D eigenvalue weighted by Crippen LogP contribution is 2.40. The topological polar surface area (TPSA) is 300 Å². The number of fused-ring (bicyclic) bond motifs is 7. The lowest BCUT2D eigenvalue weighted by Crippen LogP contribution is -2.20. The van der Waals surface area contributed by atoms with Gasteiger partial charge in [0.1, 0.15) is 11.9 Å². The fraction of sp³-hybridized carbons (Fsp3) is 0.270. The fourth-order valence-electron chi connectivity index (χ4n) is 12.0. The van der Waals surface area contributed by atoms with Gasteiger partial charge in [-0.25, -0.2) is 19.6 Å². The third kappa shape index (κ3) is 22.1. The van der Waals surface area contributed by atoms with Crippen molar-refractivity contribution in [3.63, 3.8) is 0 Å². The molecule has 2 fully saturated rings. The summed E-state index contributed by atoms with van der Waals surface area (Å²) in [4.78, 5) is 60.2. The first-order valence-electron chi connectivity index (χ1n) is 38.0. The molecule has 2 aliphatic carbocycles. The highest BCUT2D eigenvalue weighted by molar-refractivity contribution is 6.35. The fourth-order valence-corrected chi connectivity index (χ4v) is 12.2. The van der Waals surface area contributed by atoms with Crippen LogP contribution in [-0.4, -0.2) is 162 Å². The highest BCUT2D eigenvalue weighted by Gasteiger charge is 2.30. The van der Waals surface area contributed by atoms with Gasteiger partial charge in [-0.05, 0) is 199 Å². The van der Waals surface area contributed by atoms with E-state index in [4.69, 9.17) is 59.0 Å². The third-order valence-electron chi connectivity index (χ3n) is 18.1. The molecule has 8 heterocycles. The van der Waals surface area contributed by atoms with Crippen LogP contribution in [0.3, 0.4) is 0 Å². The number of aromatic nitrogens is 16. The molecule has 2 aliphatic rings. The zero-order chi connectivity index (χ0) is 85.2. The Hall–Kier alpha value is -13.8. The van der Waals surface area contributed by atoms with E-state index in [0.717, 1.165) is 106 Å². The summed E-state index contributed by atoms with van der Waals surface area (Å²) in [7, 11) is 12.6. The summed E-state index contributed by atoms with van der Waals surface area (Å²) in [6.45, 7) is 13.1. The lowest BCUT2D eigenvalue weighted by Gasteiger charge is -2.10. The molecule has 0 amide bonds. The molecule has 618 valence electrons. The molecule has 0 saturated heterocycles. The summed E-state index contributed by atoms with van der Waals surface area (Å²) in [6, 6.07) is 53.4. The summed E-state index contributed by atoms with van der Waals surface area (Å²) in [5, 5.41) is 10.7. The monoisotopic (exact) mass is 1650 g/mol. The molecule has 8 aromatic carbocycles. The molecule has 0 atom stereocenters. The second-order valence-electron chi connectivity index (χ2n) is 27.5. The zero-order valence-electron chi connectivity index (χ0n) is 68.8. The van der Waals surface area contributed by atoms with Crippen molar-refractivity contribution < 1.29 is 65.3 Å². The minimum absolute atomic E-state index is 0.183. The lowest BCUT2D eigenvalue weighted by atomic mass is 10.1. The molecule has 0 unspecified atom stereocenters. The second kappa shape index (κ2) is 39.5. The van der Waals surface area contributed by atoms with Crippen LogP contribution in [0.15, 0.2) is 176 Å². The van der Waals surface area contributed by atoms with Crippen LogP contribution in [0.2, 0.25) is 5.02 Å². The van der Waals surface area contributed by atoms with Crippen LogP contribution in [0.1, 0.15) is 77.7 Å². The van der Waals surface area contributed by atoms with Gasteiger partial charge in [-0.1, -0.05) is 84.4 Å². The van der Waals surface area contributed by atoms with Gasteiger partial charge in [-0.2, -0.15) is 73.1 Å². The van der Waals surface area contributed by atoms with E-state index < -0.39 is 12.8 Å². The molecule has 0 N–H and O–H groups in total. The average molecular weight is 1650 g/mol. The molecule has 0 spiro atoms. The van der Waals surface area contributed by atoms with Crippen molar-refractivity contribution in [2.24, 2.45) is 0 Å². The van der Waals surface area contributed by atoms with E-state index in [-0.39, 0.29) is 11.9 Å². The third-order valence-corrected chi connectivity index (χ3v) is 18.4. The number of nitrogens with zero attached hydrogens (tertiary/aromatic N) is 16. The lowest BCUT2D eigenvalue weighted by molar-refractivity contribution is -0.154. The Balaban J connectivity index is 0.000000129. The highest BCUT2D eigenvalue weighted by atomic mass is 35.5. The van der Waals surface area contributed by atoms with E-state index >= 15 is 0 Å². The molecule has 8 aromatic heterocycles. The molecule has 0 aliphatic heterocycles. The number of alkyl halides is 3. The smallest absolute Gasteiger partial charge is 0.422 e. The van der Waals surface area contributed by atoms with E-state index in [2.05, 4.69) is 106 Å². The van der Waals surface area contributed by atoms with E-state index in [1.807, 2.05) is 162 Å². The molecule has 27 nitrogen and oxygen atoms in total. The Morgan fingerprint density at radius 2 is 0.775 bits per heavy atom. The van der Waals surface area contributed by atoms with Crippen molar-refractivity contribution in [3.05, 3.63) is 220 Å². The molecule has 0 bridgehead atoms. The molecule has 120 heavy (non-hydrogen) atoms. The van der Waals surface area contributed by atoms with Gasteiger partial charge in [0.15, 0.2) is 12.4 Å². The van der Waals surface area contributed by atoms with Crippen molar-refractivity contribution in [2.75, 3.05) is 70.1 Å². The number of rotatable bonds is 17. The molecular formula is C89H88ClF3N16O11. The van der Waals surface area contributed by atoms with Crippen molar-refractivity contribution in [2.45, 2.75) is 92.3 Å². The van der Waals surface area contributed by atoms with Crippen LogP contribution in [0.4, 0.5) is 13.2 Å². The predicted molar refractivity (Wildman–Crippen MR) is 454 cm³/mol. The van der Waals surface area contributed by atoms with Crippen LogP contribution in [-0.2, 0) is 0 Å². The van der Waals surface area contributed by atoms with Gasteiger partial charge >= 0.3 is 30.2 Å². The molecule has 18 rings (SSSR count). The van der Waals surface area contributed by atoms with Gasteiger partial charge in [-0.3, -0.25) is 0 Å². The molecule has 2 saturated carbocycles. The molecular weight excluding hydrogens is 1560 g/mol. The van der Waals surface area contributed by atoms with Crippen molar-refractivity contribution in [1.82, 2.24) is 79.6 Å². The number of hydrogen-bond donors (Lipinski definition) is 0. The van der Waals surface area contributed by atoms with Gasteiger partial charge in [-0.15, -0.1) is 0 Å². The Bertz CT molecular complexity index is 6260. The van der Waals surface area contributed by atoms with Crippen LogP contribution in [0.25, 0.3) is 93.7 Å². The number of benzene rings is 8. The Kier molecular flexibility index (Phi) is 28.1. The van der Waals surface area contributed by atoms with Crippen molar-refractivity contribution in [3.8, 4) is 82.5 Å². The van der Waals surface area contributed by atoms with Gasteiger partial charge in [0.25, 0.3) is 5.95 Å². The summed E-state index contributed by atoms with van der Waals surface area (Å²) in [6.07, 6.45) is 3.89. The zero-order valence-corrected chi connectivity index (χ0v) is 69.6. The summed E-state index contributed by atoms with van der Waals surface area (Å²) in [5.41, 5.74) is 13.3.